The second-order valence-electron chi connectivity index (χ2n) is 4.58. The van der Waals surface area contributed by atoms with Gasteiger partial charge in [-0.15, -0.1) is 5.10 Å². The Hall–Kier alpha value is -2.80. The molecule has 1 N–H and O–H groups in total. The molecule has 8 heteroatoms. The van der Waals surface area contributed by atoms with Gasteiger partial charge in [0.25, 0.3) is 5.91 Å². The first-order valence-electron chi connectivity index (χ1n) is 6.40. The number of carbonyl (C=O) groups excluding carboxylic acids is 1. The highest BCUT2D eigenvalue weighted by atomic mass is 35.5. The van der Waals surface area contributed by atoms with E-state index in [1.807, 2.05) is 19.1 Å². The zero-order valence-corrected chi connectivity index (χ0v) is 12.3. The molecule has 22 heavy (non-hydrogen) atoms. The van der Waals surface area contributed by atoms with Crippen LogP contribution in [0.2, 0.25) is 5.15 Å². The molecule has 0 radical (unpaired) electrons. The lowest BCUT2D eigenvalue weighted by Crippen LogP contribution is -2.12. The quantitative estimate of drug-likeness (QED) is 0.749. The maximum absolute atomic E-state index is 12.2. The topological polar surface area (TPSA) is 85.6 Å². The normalized spacial score (nSPS) is 10.5. The van der Waals surface area contributed by atoms with Crippen LogP contribution in [0, 0.1) is 6.92 Å². The van der Waals surface area contributed by atoms with E-state index >= 15 is 0 Å². The average Bonchev–Trinajstić information content (AvgIpc) is 3.01. The number of anilines is 1. The van der Waals surface area contributed by atoms with Gasteiger partial charge in [0.2, 0.25) is 0 Å². The summed E-state index contributed by atoms with van der Waals surface area (Å²) in [5, 5.41) is 14.1. The van der Waals surface area contributed by atoms with E-state index < -0.39 is 0 Å². The van der Waals surface area contributed by atoms with Crippen molar-refractivity contribution in [2.75, 3.05) is 5.32 Å². The smallest absolute Gasteiger partial charge is 0.255 e. The maximum Gasteiger partial charge on any atom is 0.255 e. The van der Waals surface area contributed by atoms with Crippen LogP contribution in [-0.4, -0.2) is 31.1 Å². The van der Waals surface area contributed by atoms with Crippen LogP contribution in [0.5, 0.6) is 0 Å². The Morgan fingerprint density at radius 2 is 2.14 bits per heavy atom. The standard InChI is InChI=1S/C14H11ClN6O/c1-9-6-11(2-3-12(9)21-8-17-19-20-21)18-14(22)10-4-5-16-13(15)7-10/h2-8H,1H3,(H,18,22). The number of aryl methyl sites for hydroxylation is 1. The maximum atomic E-state index is 12.2. The Morgan fingerprint density at radius 1 is 1.27 bits per heavy atom. The Bertz CT molecular complexity index is 818. The summed E-state index contributed by atoms with van der Waals surface area (Å²) in [5.41, 5.74) is 2.89. The molecule has 0 atom stereocenters. The van der Waals surface area contributed by atoms with E-state index in [0.717, 1.165) is 11.3 Å². The summed E-state index contributed by atoms with van der Waals surface area (Å²) in [7, 11) is 0. The van der Waals surface area contributed by atoms with Gasteiger partial charge < -0.3 is 5.32 Å². The van der Waals surface area contributed by atoms with Crippen molar-refractivity contribution in [2.24, 2.45) is 0 Å². The SMILES string of the molecule is Cc1cc(NC(=O)c2ccnc(Cl)c2)ccc1-n1cnnn1. The summed E-state index contributed by atoms with van der Waals surface area (Å²) in [5.74, 6) is -0.251. The molecule has 1 aromatic carbocycles. The fraction of sp³-hybridized carbons (Fsp3) is 0.0714. The number of nitrogens with one attached hydrogen (secondary N) is 1. The zero-order chi connectivity index (χ0) is 15.5. The molecule has 0 unspecified atom stereocenters. The number of hydrogen-bond donors (Lipinski definition) is 1. The Kier molecular flexibility index (Phi) is 3.80. The van der Waals surface area contributed by atoms with Gasteiger partial charge in [-0.25, -0.2) is 9.67 Å². The van der Waals surface area contributed by atoms with Gasteiger partial charge in [0.1, 0.15) is 11.5 Å². The second-order valence-corrected chi connectivity index (χ2v) is 4.96. The van der Waals surface area contributed by atoms with Crippen LogP contribution in [0.3, 0.4) is 0 Å². The van der Waals surface area contributed by atoms with E-state index in [1.165, 1.54) is 18.6 Å². The highest BCUT2D eigenvalue weighted by Gasteiger charge is 2.09. The predicted molar refractivity (Wildman–Crippen MR) is 81.1 cm³/mol. The molecular formula is C14H11ClN6O. The minimum absolute atomic E-state index is 0.251. The fourth-order valence-corrected chi connectivity index (χ4v) is 2.18. The number of amides is 1. The van der Waals surface area contributed by atoms with Gasteiger partial charge in [0.05, 0.1) is 5.69 Å². The van der Waals surface area contributed by atoms with E-state index in [9.17, 15) is 4.79 Å². The van der Waals surface area contributed by atoms with E-state index in [1.54, 1.807) is 16.8 Å². The average molecular weight is 315 g/mol. The van der Waals surface area contributed by atoms with Gasteiger partial charge in [0.15, 0.2) is 0 Å². The van der Waals surface area contributed by atoms with Crippen LogP contribution >= 0.6 is 11.6 Å². The molecule has 2 aromatic heterocycles. The number of nitrogens with zero attached hydrogens (tertiary/aromatic N) is 5. The third kappa shape index (κ3) is 2.94. The lowest BCUT2D eigenvalue weighted by atomic mass is 10.1. The molecule has 0 saturated carbocycles. The van der Waals surface area contributed by atoms with Gasteiger partial charge in [-0.1, -0.05) is 11.6 Å². The monoisotopic (exact) mass is 314 g/mol. The summed E-state index contributed by atoms with van der Waals surface area (Å²) in [6.45, 7) is 1.91. The number of hydrogen-bond acceptors (Lipinski definition) is 5. The van der Waals surface area contributed by atoms with Crippen molar-refractivity contribution < 1.29 is 4.79 Å². The molecule has 0 saturated heterocycles. The largest absolute Gasteiger partial charge is 0.322 e. The first kappa shape index (κ1) is 14.2. The first-order chi connectivity index (χ1) is 10.6. The first-order valence-corrected chi connectivity index (χ1v) is 6.78. The number of benzene rings is 1. The molecule has 0 spiro atoms. The third-order valence-corrected chi connectivity index (χ3v) is 3.25. The number of carbonyl (C=O) groups is 1. The van der Waals surface area contributed by atoms with Crippen molar-refractivity contribution in [3.05, 3.63) is 59.1 Å². The van der Waals surface area contributed by atoms with Crippen LogP contribution in [0.1, 0.15) is 15.9 Å². The molecule has 0 aliphatic rings. The number of halogens is 1. The van der Waals surface area contributed by atoms with Gasteiger partial charge in [-0.3, -0.25) is 4.79 Å². The number of pyridine rings is 1. The minimum atomic E-state index is -0.251. The zero-order valence-electron chi connectivity index (χ0n) is 11.6. The van der Waals surface area contributed by atoms with Crippen molar-refractivity contribution in [1.82, 2.24) is 25.2 Å². The lowest BCUT2D eigenvalue weighted by Gasteiger charge is -2.09. The van der Waals surface area contributed by atoms with E-state index in [2.05, 4.69) is 25.8 Å². The van der Waals surface area contributed by atoms with Crippen molar-refractivity contribution in [3.8, 4) is 5.69 Å². The van der Waals surface area contributed by atoms with Crippen LogP contribution < -0.4 is 5.32 Å². The van der Waals surface area contributed by atoms with Crippen molar-refractivity contribution in [2.45, 2.75) is 6.92 Å². The molecule has 3 rings (SSSR count). The van der Waals surface area contributed by atoms with Gasteiger partial charge >= 0.3 is 0 Å². The molecule has 0 aliphatic carbocycles. The molecular weight excluding hydrogens is 304 g/mol. The summed E-state index contributed by atoms with van der Waals surface area (Å²) >= 11 is 5.78. The summed E-state index contributed by atoms with van der Waals surface area (Å²) in [4.78, 5) is 16.0. The number of aromatic nitrogens is 5. The van der Waals surface area contributed by atoms with Crippen molar-refractivity contribution in [3.63, 3.8) is 0 Å². The van der Waals surface area contributed by atoms with Crippen LogP contribution in [0.15, 0.2) is 42.9 Å². The Balaban J connectivity index is 1.81. The lowest BCUT2D eigenvalue weighted by molar-refractivity contribution is 0.102. The summed E-state index contributed by atoms with van der Waals surface area (Å²) in [6, 6.07) is 8.58. The summed E-state index contributed by atoms with van der Waals surface area (Å²) in [6.07, 6.45) is 3.00. The van der Waals surface area contributed by atoms with E-state index in [-0.39, 0.29) is 11.1 Å². The molecule has 110 valence electrons. The molecule has 0 fully saturated rings. The number of tetrazole rings is 1. The van der Waals surface area contributed by atoms with E-state index in [4.69, 9.17) is 11.6 Å². The predicted octanol–water partition coefficient (Wildman–Crippen LogP) is 2.27. The highest BCUT2D eigenvalue weighted by molar-refractivity contribution is 6.29. The van der Waals surface area contributed by atoms with Gasteiger partial charge in [-0.2, -0.15) is 0 Å². The minimum Gasteiger partial charge on any atom is -0.322 e. The molecule has 0 bridgehead atoms. The number of rotatable bonds is 3. The fourth-order valence-electron chi connectivity index (χ4n) is 2.01. The molecule has 7 nitrogen and oxygen atoms in total. The van der Waals surface area contributed by atoms with Gasteiger partial charge in [-0.05, 0) is 53.2 Å². The van der Waals surface area contributed by atoms with Crippen molar-refractivity contribution >= 4 is 23.2 Å². The molecule has 0 aliphatic heterocycles. The van der Waals surface area contributed by atoms with Gasteiger partial charge in [0, 0.05) is 17.4 Å². The third-order valence-electron chi connectivity index (χ3n) is 3.04. The van der Waals surface area contributed by atoms with Crippen molar-refractivity contribution in [1.29, 1.82) is 0 Å². The van der Waals surface area contributed by atoms with Crippen LogP contribution in [0.4, 0.5) is 5.69 Å². The Labute approximate surface area is 130 Å². The highest BCUT2D eigenvalue weighted by Crippen LogP contribution is 2.18. The van der Waals surface area contributed by atoms with E-state index in [0.29, 0.717) is 11.3 Å². The summed E-state index contributed by atoms with van der Waals surface area (Å²) < 4.78 is 1.56. The Morgan fingerprint density at radius 3 is 2.82 bits per heavy atom. The molecule has 1 amide bonds. The molecule has 2 heterocycles. The molecule has 3 aromatic rings. The second kappa shape index (κ2) is 5.90. The van der Waals surface area contributed by atoms with Crippen LogP contribution in [0.25, 0.3) is 5.69 Å². The van der Waals surface area contributed by atoms with Crippen LogP contribution in [-0.2, 0) is 0 Å².